The molecule has 0 unspecified atom stereocenters. The van der Waals surface area contributed by atoms with E-state index in [0.29, 0.717) is 21.2 Å². The van der Waals surface area contributed by atoms with Crippen molar-refractivity contribution in [2.45, 2.75) is 0 Å². The molecule has 1 aromatic heterocycles. The number of hydrogen-bond acceptors (Lipinski definition) is 4. The van der Waals surface area contributed by atoms with E-state index < -0.39 is 0 Å². The molecule has 0 saturated heterocycles. The van der Waals surface area contributed by atoms with E-state index in [9.17, 15) is 9.59 Å². The van der Waals surface area contributed by atoms with Crippen molar-refractivity contribution in [1.29, 1.82) is 0 Å². The first-order valence-corrected chi connectivity index (χ1v) is 5.91. The van der Waals surface area contributed by atoms with Crippen LogP contribution in [0.15, 0.2) is 23.0 Å². The molecule has 19 heavy (non-hydrogen) atoms. The number of hydroxylamine groups is 2. The molecule has 1 aromatic carbocycles. The number of hydrogen-bond donors (Lipinski definition) is 1. The Bertz CT molecular complexity index is 763. The number of carbonyl (C=O) groups excluding carboxylic acids is 1. The van der Waals surface area contributed by atoms with E-state index >= 15 is 0 Å². The van der Waals surface area contributed by atoms with Crippen LogP contribution in [0.5, 0.6) is 0 Å². The van der Waals surface area contributed by atoms with Gasteiger partial charge in [-0.15, -0.1) is 0 Å². The summed E-state index contributed by atoms with van der Waals surface area (Å²) in [5, 5.41) is 1.59. The highest BCUT2D eigenvalue weighted by atomic mass is 32.1. The van der Waals surface area contributed by atoms with E-state index in [-0.39, 0.29) is 11.5 Å². The standard InChI is InChI=1S/C12H13N3O3S/c1-14-11(17)8-5-4-7(10(16)15(2)18-3)6-9(8)13-12(14)19/h4-6H,1-3H3,(H,13,19). The average Bonchev–Trinajstić information content (AvgIpc) is 2.42. The summed E-state index contributed by atoms with van der Waals surface area (Å²) in [7, 11) is 4.51. The summed E-state index contributed by atoms with van der Waals surface area (Å²) < 4.78 is 1.66. The SMILES string of the molecule is CON(C)C(=O)c1ccc2c(=O)n(C)c(=S)[nH]c2c1. The molecule has 0 saturated carbocycles. The highest BCUT2D eigenvalue weighted by Crippen LogP contribution is 2.12. The average molecular weight is 279 g/mol. The van der Waals surface area contributed by atoms with Gasteiger partial charge in [-0.1, -0.05) is 0 Å². The van der Waals surface area contributed by atoms with Crippen LogP contribution in [0, 0.1) is 4.77 Å². The Labute approximate surface area is 114 Å². The molecule has 0 radical (unpaired) electrons. The third-order valence-electron chi connectivity index (χ3n) is 2.91. The predicted octanol–water partition coefficient (Wildman–Crippen LogP) is 1.23. The number of nitrogens with zero attached hydrogens (tertiary/aromatic N) is 2. The minimum Gasteiger partial charge on any atom is -0.332 e. The molecule has 0 aliphatic rings. The molecule has 0 aliphatic carbocycles. The van der Waals surface area contributed by atoms with Gasteiger partial charge in [-0.05, 0) is 30.4 Å². The fraction of sp³-hybridized carbons (Fsp3) is 0.250. The zero-order chi connectivity index (χ0) is 14.2. The van der Waals surface area contributed by atoms with Gasteiger partial charge in [-0.25, -0.2) is 5.06 Å². The number of amides is 1. The molecule has 1 amide bonds. The summed E-state index contributed by atoms with van der Waals surface area (Å²) >= 11 is 5.04. The van der Waals surface area contributed by atoms with Crippen LogP contribution < -0.4 is 5.56 Å². The van der Waals surface area contributed by atoms with Crippen LogP contribution in [0.25, 0.3) is 10.9 Å². The summed E-state index contributed by atoms with van der Waals surface area (Å²) in [5.41, 5.74) is 0.747. The maximum Gasteiger partial charge on any atom is 0.277 e. The van der Waals surface area contributed by atoms with Gasteiger partial charge in [-0.2, -0.15) is 0 Å². The predicted molar refractivity (Wildman–Crippen MR) is 73.5 cm³/mol. The zero-order valence-electron chi connectivity index (χ0n) is 10.8. The normalized spacial score (nSPS) is 10.7. The van der Waals surface area contributed by atoms with Gasteiger partial charge in [0.15, 0.2) is 4.77 Å². The Morgan fingerprint density at radius 2 is 2.16 bits per heavy atom. The number of aromatic nitrogens is 2. The van der Waals surface area contributed by atoms with Crippen LogP contribution in [0.4, 0.5) is 0 Å². The van der Waals surface area contributed by atoms with Gasteiger partial charge in [-0.3, -0.25) is 19.0 Å². The van der Waals surface area contributed by atoms with Crippen LogP contribution in [0.2, 0.25) is 0 Å². The molecular formula is C12H13N3O3S. The van der Waals surface area contributed by atoms with Crippen LogP contribution in [0.3, 0.4) is 0 Å². The lowest BCUT2D eigenvalue weighted by Gasteiger charge is -2.13. The summed E-state index contributed by atoms with van der Waals surface area (Å²) in [6, 6.07) is 4.77. The van der Waals surface area contributed by atoms with Gasteiger partial charge in [0.25, 0.3) is 11.5 Å². The molecule has 100 valence electrons. The lowest BCUT2D eigenvalue weighted by atomic mass is 10.1. The van der Waals surface area contributed by atoms with Crippen molar-refractivity contribution in [3.8, 4) is 0 Å². The summed E-state index contributed by atoms with van der Waals surface area (Å²) in [6.07, 6.45) is 0. The summed E-state index contributed by atoms with van der Waals surface area (Å²) in [4.78, 5) is 31.7. The third-order valence-corrected chi connectivity index (χ3v) is 3.28. The number of rotatable bonds is 2. The lowest BCUT2D eigenvalue weighted by Crippen LogP contribution is -2.25. The van der Waals surface area contributed by atoms with E-state index in [1.54, 1.807) is 25.2 Å². The summed E-state index contributed by atoms with van der Waals surface area (Å²) in [5.74, 6) is -0.301. The Hall–Kier alpha value is -1.99. The number of fused-ring (bicyclic) bond motifs is 1. The first-order valence-electron chi connectivity index (χ1n) is 5.51. The molecule has 7 heteroatoms. The number of aromatic amines is 1. The van der Waals surface area contributed by atoms with Crippen molar-refractivity contribution in [2.24, 2.45) is 7.05 Å². The number of H-pyrrole nitrogens is 1. The van der Waals surface area contributed by atoms with Crippen molar-refractivity contribution in [3.63, 3.8) is 0 Å². The van der Waals surface area contributed by atoms with Gasteiger partial charge in [0.1, 0.15) is 0 Å². The molecule has 0 fully saturated rings. The van der Waals surface area contributed by atoms with Crippen LogP contribution in [0.1, 0.15) is 10.4 Å². The lowest BCUT2D eigenvalue weighted by molar-refractivity contribution is -0.0756. The molecule has 1 heterocycles. The van der Waals surface area contributed by atoms with E-state index in [4.69, 9.17) is 17.1 Å². The van der Waals surface area contributed by atoms with Crippen molar-refractivity contribution in [3.05, 3.63) is 38.9 Å². The Morgan fingerprint density at radius 1 is 1.47 bits per heavy atom. The molecule has 0 bridgehead atoms. The topological polar surface area (TPSA) is 67.3 Å². The Balaban J connectivity index is 2.66. The monoisotopic (exact) mass is 279 g/mol. The van der Waals surface area contributed by atoms with E-state index in [1.807, 2.05) is 0 Å². The second kappa shape index (κ2) is 4.94. The summed E-state index contributed by atoms with van der Waals surface area (Å²) in [6.45, 7) is 0. The van der Waals surface area contributed by atoms with Gasteiger partial charge >= 0.3 is 0 Å². The molecule has 0 atom stereocenters. The second-order valence-corrected chi connectivity index (χ2v) is 4.43. The fourth-order valence-corrected chi connectivity index (χ4v) is 1.90. The fourth-order valence-electron chi connectivity index (χ4n) is 1.70. The smallest absolute Gasteiger partial charge is 0.277 e. The van der Waals surface area contributed by atoms with Crippen molar-refractivity contribution < 1.29 is 9.63 Å². The van der Waals surface area contributed by atoms with E-state index in [1.165, 1.54) is 18.7 Å². The number of nitrogens with one attached hydrogen (secondary N) is 1. The van der Waals surface area contributed by atoms with Crippen molar-refractivity contribution >= 4 is 29.0 Å². The molecule has 0 aliphatic heterocycles. The molecular weight excluding hydrogens is 266 g/mol. The Kier molecular flexibility index (Phi) is 3.50. The van der Waals surface area contributed by atoms with Crippen LogP contribution >= 0.6 is 12.2 Å². The van der Waals surface area contributed by atoms with E-state index in [0.717, 1.165) is 5.06 Å². The number of benzene rings is 1. The molecule has 0 spiro atoms. The molecule has 6 nitrogen and oxygen atoms in total. The molecule has 2 rings (SSSR count). The highest BCUT2D eigenvalue weighted by Gasteiger charge is 2.13. The Morgan fingerprint density at radius 3 is 2.79 bits per heavy atom. The first kappa shape index (κ1) is 13.4. The van der Waals surface area contributed by atoms with Gasteiger partial charge in [0.2, 0.25) is 0 Å². The highest BCUT2D eigenvalue weighted by molar-refractivity contribution is 7.71. The van der Waals surface area contributed by atoms with Gasteiger partial charge in [0, 0.05) is 19.7 Å². The number of carbonyl (C=O) groups is 1. The van der Waals surface area contributed by atoms with Gasteiger partial charge in [0.05, 0.1) is 18.0 Å². The largest absolute Gasteiger partial charge is 0.332 e. The van der Waals surface area contributed by atoms with Crippen molar-refractivity contribution in [1.82, 2.24) is 14.6 Å². The maximum atomic E-state index is 12.0. The third kappa shape index (κ3) is 2.29. The van der Waals surface area contributed by atoms with E-state index in [2.05, 4.69) is 4.98 Å². The van der Waals surface area contributed by atoms with Crippen LogP contribution in [-0.2, 0) is 11.9 Å². The van der Waals surface area contributed by atoms with Crippen molar-refractivity contribution in [2.75, 3.05) is 14.2 Å². The second-order valence-electron chi connectivity index (χ2n) is 4.04. The first-order chi connectivity index (χ1) is 8.95. The zero-order valence-corrected chi connectivity index (χ0v) is 11.6. The molecule has 2 aromatic rings. The minimum absolute atomic E-state index is 0.196. The minimum atomic E-state index is -0.301. The quantitative estimate of drug-likeness (QED) is 0.663. The van der Waals surface area contributed by atoms with Gasteiger partial charge < -0.3 is 4.98 Å². The van der Waals surface area contributed by atoms with Crippen LogP contribution in [-0.4, -0.2) is 34.7 Å². The molecule has 1 N–H and O–H groups in total. The maximum absolute atomic E-state index is 12.0.